The Morgan fingerprint density at radius 1 is 1.08 bits per heavy atom. The number of methoxy groups -OCH3 is 1. The molecule has 0 heterocycles. The number of urea groups is 1. The topological polar surface area (TPSA) is 67.4 Å². The van der Waals surface area contributed by atoms with Gasteiger partial charge in [0, 0.05) is 12.6 Å². The van der Waals surface area contributed by atoms with Crippen molar-refractivity contribution in [1.82, 2.24) is 5.32 Å². The fraction of sp³-hybridized carbons (Fsp3) is 0.222. The minimum absolute atomic E-state index is 0.303. The van der Waals surface area contributed by atoms with Crippen molar-refractivity contribution < 1.29 is 23.1 Å². The van der Waals surface area contributed by atoms with Gasteiger partial charge in [-0.15, -0.1) is 0 Å². The molecule has 0 saturated heterocycles. The second kappa shape index (κ2) is 8.77. The van der Waals surface area contributed by atoms with E-state index < -0.39 is 29.2 Å². The molecule has 0 aliphatic heterocycles. The fourth-order valence-electron chi connectivity index (χ4n) is 2.22. The average molecular weight is 348 g/mol. The molecule has 0 fully saturated rings. The Hall–Kier alpha value is -2.96. The van der Waals surface area contributed by atoms with Gasteiger partial charge in [-0.1, -0.05) is 30.3 Å². The second-order valence-electron chi connectivity index (χ2n) is 5.27. The van der Waals surface area contributed by atoms with Gasteiger partial charge in [0.1, 0.15) is 11.6 Å². The number of esters is 1. The number of benzene rings is 2. The summed E-state index contributed by atoms with van der Waals surface area (Å²) in [5, 5.41) is 4.84. The number of hydrogen-bond acceptors (Lipinski definition) is 3. The van der Waals surface area contributed by atoms with E-state index in [9.17, 15) is 18.4 Å². The number of hydrogen-bond donors (Lipinski definition) is 2. The van der Waals surface area contributed by atoms with Gasteiger partial charge in [0.25, 0.3) is 0 Å². The molecule has 2 rings (SSSR count). The van der Waals surface area contributed by atoms with Crippen LogP contribution in [0, 0.1) is 11.6 Å². The molecule has 0 aromatic heterocycles. The molecule has 132 valence electrons. The third kappa shape index (κ3) is 5.27. The summed E-state index contributed by atoms with van der Waals surface area (Å²) in [6.07, 6.45) is 1.50. The van der Waals surface area contributed by atoms with Crippen molar-refractivity contribution in [2.75, 3.05) is 19.0 Å². The number of aryl methyl sites for hydroxylation is 1. The quantitative estimate of drug-likeness (QED) is 0.620. The lowest BCUT2D eigenvalue weighted by atomic mass is 10.1. The smallest absolute Gasteiger partial charge is 0.340 e. The van der Waals surface area contributed by atoms with E-state index in [-0.39, 0.29) is 5.69 Å². The first kappa shape index (κ1) is 18.4. The highest BCUT2D eigenvalue weighted by Gasteiger charge is 2.17. The molecule has 0 spiro atoms. The van der Waals surface area contributed by atoms with E-state index in [4.69, 9.17) is 0 Å². The standard InChI is InChI=1S/C18H18F2N2O3/c1-25-17(23)13-10-16(15(20)11-14(13)19)22-18(24)21-9-5-8-12-6-3-2-4-7-12/h2-4,6-7,10-11H,5,8-9H2,1H3,(H2,21,22,24). The lowest BCUT2D eigenvalue weighted by Crippen LogP contribution is -2.30. The van der Waals surface area contributed by atoms with Gasteiger partial charge in [0.2, 0.25) is 0 Å². The highest BCUT2D eigenvalue weighted by atomic mass is 19.1. The Labute approximate surface area is 144 Å². The zero-order valence-electron chi connectivity index (χ0n) is 13.6. The zero-order chi connectivity index (χ0) is 18.2. The predicted molar refractivity (Wildman–Crippen MR) is 89.5 cm³/mol. The summed E-state index contributed by atoms with van der Waals surface area (Å²) in [7, 11) is 1.08. The highest BCUT2D eigenvalue weighted by molar-refractivity contribution is 5.94. The molecule has 25 heavy (non-hydrogen) atoms. The van der Waals surface area contributed by atoms with Gasteiger partial charge in [-0.3, -0.25) is 0 Å². The predicted octanol–water partition coefficient (Wildman–Crippen LogP) is 3.51. The van der Waals surface area contributed by atoms with Crippen LogP contribution in [0.3, 0.4) is 0 Å². The summed E-state index contributed by atoms with van der Waals surface area (Å²) in [6, 6.07) is 10.6. The molecule has 2 N–H and O–H groups in total. The Kier molecular flexibility index (Phi) is 6.45. The maximum Gasteiger partial charge on any atom is 0.340 e. The number of nitrogens with one attached hydrogen (secondary N) is 2. The van der Waals surface area contributed by atoms with E-state index in [1.165, 1.54) is 0 Å². The minimum atomic E-state index is -1.06. The van der Waals surface area contributed by atoms with Crippen LogP contribution >= 0.6 is 0 Å². The second-order valence-corrected chi connectivity index (χ2v) is 5.27. The van der Waals surface area contributed by atoms with Gasteiger partial charge in [0.15, 0.2) is 0 Å². The number of amides is 2. The number of ether oxygens (including phenoxy) is 1. The van der Waals surface area contributed by atoms with Crippen LogP contribution in [0.2, 0.25) is 0 Å². The van der Waals surface area contributed by atoms with Crippen molar-refractivity contribution in [2.24, 2.45) is 0 Å². The molecule has 2 aromatic rings. The monoisotopic (exact) mass is 348 g/mol. The number of carbonyl (C=O) groups is 2. The summed E-state index contributed by atoms with van der Waals surface area (Å²) in [5.74, 6) is -2.99. The first-order chi connectivity index (χ1) is 12.0. The largest absolute Gasteiger partial charge is 0.465 e. The number of anilines is 1. The molecule has 7 heteroatoms. The van der Waals surface area contributed by atoms with Crippen molar-refractivity contribution in [2.45, 2.75) is 12.8 Å². The lowest BCUT2D eigenvalue weighted by Gasteiger charge is -2.10. The van der Waals surface area contributed by atoms with Crippen LogP contribution in [-0.4, -0.2) is 25.7 Å². The Bertz CT molecular complexity index is 751. The van der Waals surface area contributed by atoms with Crippen molar-refractivity contribution in [3.63, 3.8) is 0 Å². The Morgan fingerprint density at radius 3 is 2.48 bits per heavy atom. The van der Waals surface area contributed by atoms with E-state index in [1.54, 1.807) is 0 Å². The van der Waals surface area contributed by atoms with Crippen LogP contribution in [-0.2, 0) is 11.2 Å². The van der Waals surface area contributed by atoms with Crippen LogP contribution in [0.25, 0.3) is 0 Å². The molecule has 2 amide bonds. The van der Waals surface area contributed by atoms with E-state index in [2.05, 4.69) is 15.4 Å². The molecular formula is C18H18F2N2O3. The highest BCUT2D eigenvalue weighted by Crippen LogP contribution is 2.20. The molecule has 0 saturated carbocycles. The maximum absolute atomic E-state index is 13.7. The summed E-state index contributed by atoms with van der Waals surface area (Å²) in [5.41, 5.74) is 0.391. The minimum Gasteiger partial charge on any atom is -0.465 e. The zero-order valence-corrected chi connectivity index (χ0v) is 13.6. The van der Waals surface area contributed by atoms with Gasteiger partial charge in [0.05, 0.1) is 18.4 Å². The molecule has 2 aromatic carbocycles. The Balaban J connectivity index is 1.88. The van der Waals surface area contributed by atoms with Crippen molar-refractivity contribution in [3.05, 3.63) is 65.2 Å². The first-order valence-corrected chi connectivity index (χ1v) is 7.67. The number of halogens is 2. The third-order valence-corrected chi connectivity index (χ3v) is 3.48. The van der Waals surface area contributed by atoms with E-state index in [1.807, 2.05) is 30.3 Å². The van der Waals surface area contributed by atoms with E-state index in [0.29, 0.717) is 19.0 Å². The Morgan fingerprint density at radius 2 is 1.80 bits per heavy atom. The number of rotatable bonds is 6. The summed E-state index contributed by atoms with van der Waals surface area (Å²) in [4.78, 5) is 23.2. The van der Waals surface area contributed by atoms with Crippen LogP contribution in [0.5, 0.6) is 0 Å². The van der Waals surface area contributed by atoms with Crippen molar-refractivity contribution in [1.29, 1.82) is 0 Å². The molecule has 0 aliphatic carbocycles. The van der Waals surface area contributed by atoms with Gasteiger partial charge >= 0.3 is 12.0 Å². The van der Waals surface area contributed by atoms with Crippen LogP contribution < -0.4 is 10.6 Å². The lowest BCUT2D eigenvalue weighted by molar-refractivity contribution is 0.0595. The van der Waals surface area contributed by atoms with E-state index >= 15 is 0 Å². The molecule has 0 bridgehead atoms. The molecule has 5 nitrogen and oxygen atoms in total. The van der Waals surface area contributed by atoms with Crippen LogP contribution in [0.1, 0.15) is 22.3 Å². The SMILES string of the molecule is COC(=O)c1cc(NC(=O)NCCCc2ccccc2)c(F)cc1F. The normalized spacial score (nSPS) is 10.2. The molecule has 0 atom stereocenters. The van der Waals surface area contributed by atoms with Gasteiger partial charge in [-0.2, -0.15) is 0 Å². The van der Waals surface area contributed by atoms with Crippen molar-refractivity contribution >= 4 is 17.7 Å². The maximum atomic E-state index is 13.7. The molecule has 0 radical (unpaired) electrons. The molecule has 0 aliphatic rings. The van der Waals surface area contributed by atoms with Crippen LogP contribution in [0.4, 0.5) is 19.3 Å². The summed E-state index contributed by atoms with van der Waals surface area (Å²) >= 11 is 0. The van der Waals surface area contributed by atoms with Gasteiger partial charge in [-0.05, 0) is 24.5 Å². The summed E-state index contributed by atoms with van der Waals surface area (Å²) < 4.78 is 31.7. The average Bonchev–Trinajstić information content (AvgIpc) is 2.61. The first-order valence-electron chi connectivity index (χ1n) is 7.67. The van der Waals surface area contributed by atoms with Crippen LogP contribution in [0.15, 0.2) is 42.5 Å². The molecular weight excluding hydrogens is 330 g/mol. The van der Waals surface area contributed by atoms with Gasteiger partial charge in [-0.25, -0.2) is 18.4 Å². The molecule has 0 unspecified atom stereocenters. The van der Waals surface area contributed by atoms with E-state index in [0.717, 1.165) is 25.2 Å². The number of carbonyl (C=O) groups excluding carboxylic acids is 2. The van der Waals surface area contributed by atoms with Crippen molar-refractivity contribution in [3.8, 4) is 0 Å². The third-order valence-electron chi connectivity index (χ3n) is 3.48. The van der Waals surface area contributed by atoms with Gasteiger partial charge < -0.3 is 15.4 Å². The fourth-order valence-corrected chi connectivity index (χ4v) is 2.22. The summed E-state index contributed by atoms with van der Waals surface area (Å²) in [6.45, 7) is 0.382.